The fourth-order valence-corrected chi connectivity index (χ4v) is 4.10. The number of ether oxygens (including phenoxy) is 1. The van der Waals surface area contributed by atoms with E-state index in [0.717, 1.165) is 51.1 Å². The molecule has 1 spiro atoms. The van der Waals surface area contributed by atoms with Gasteiger partial charge in [-0.05, 0) is 49.8 Å². The highest BCUT2D eigenvalue weighted by Crippen LogP contribution is 2.39. The lowest BCUT2D eigenvalue weighted by Crippen LogP contribution is -2.46. The second-order valence-corrected chi connectivity index (χ2v) is 7.22. The van der Waals surface area contributed by atoms with Gasteiger partial charge < -0.3 is 9.64 Å². The molecular weight excluding hydrogens is 316 g/mol. The van der Waals surface area contributed by atoms with Crippen LogP contribution in [0.3, 0.4) is 0 Å². The molecule has 0 aliphatic carbocycles. The molecule has 0 unspecified atom stereocenters. The minimum atomic E-state index is -0.0529. The summed E-state index contributed by atoms with van der Waals surface area (Å²) in [4.78, 5) is 19.0. The third-order valence-corrected chi connectivity index (χ3v) is 5.51. The average Bonchev–Trinajstić information content (AvgIpc) is 3.23. The van der Waals surface area contributed by atoms with Gasteiger partial charge in [0.05, 0.1) is 12.2 Å². The topological polar surface area (TPSA) is 60.2 Å². The Labute approximate surface area is 147 Å². The fraction of sp³-hybridized carbons (Fsp3) is 0.526. The number of amides is 1. The van der Waals surface area contributed by atoms with Gasteiger partial charge >= 0.3 is 0 Å². The second-order valence-electron chi connectivity index (χ2n) is 7.22. The summed E-state index contributed by atoms with van der Waals surface area (Å²) in [6, 6.07) is 7.85. The van der Waals surface area contributed by atoms with Gasteiger partial charge in [-0.15, -0.1) is 0 Å². The first-order chi connectivity index (χ1) is 12.2. The van der Waals surface area contributed by atoms with Gasteiger partial charge in [0.15, 0.2) is 0 Å². The Morgan fingerprint density at radius 1 is 1.28 bits per heavy atom. The highest BCUT2D eigenvalue weighted by atomic mass is 16.5. The maximum atomic E-state index is 12.6. The van der Waals surface area contributed by atoms with Crippen molar-refractivity contribution >= 4 is 5.91 Å². The van der Waals surface area contributed by atoms with Crippen LogP contribution in [0.2, 0.25) is 0 Å². The number of piperidine rings is 1. The lowest BCUT2D eigenvalue weighted by molar-refractivity contribution is -0.0392. The zero-order valence-corrected chi connectivity index (χ0v) is 14.6. The number of nitrogens with zero attached hydrogens (tertiary/aromatic N) is 4. The molecule has 132 valence electrons. The molecule has 0 N–H and O–H groups in total. The summed E-state index contributed by atoms with van der Waals surface area (Å²) in [6.07, 6.45) is 7.38. The van der Waals surface area contributed by atoms with Crippen molar-refractivity contribution in [2.75, 3.05) is 19.7 Å². The molecule has 2 aliphatic rings. The highest BCUT2D eigenvalue weighted by molar-refractivity contribution is 5.92. The Kier molecular flexibility index (Phi) is 4.29. The summed E-state index contributed by atoms with van der Waals surface area (Å²) in [7, 11) is 1.81. The molecule has 2 fully saturated rings. The minimum absolute atomic E-state index is 0.0529. The Hall–Kier alpha value is -2.21. The van der Waals surface area contributed by atoms with Crippen LogP contribution in [0.15, 0.2) is 36.7 Å². The number of pyridine rings is 1. The van der Waals surface area contributed by atoms with Crippen LogP contribution in [0.5, 0.6) is 0 Å². The van der Waals surface area contributed by atoms with E-state index in [-0.39, 0.29) is 11.5 Å². The normalized spacial score (nSPS) is 22.4. The molecule has 2 saturated heterocycles. The predicted molar refractivity (Wildman–Crippen MR) is 93.1 cm³/mol. The van der Waals surface area contributed by atoms with Gasteiger partial charge in [-0.3, -0.25) is 14.5 Å². The van der Waals surface area contributed by atoms with Gasteiger partial charge in [-0.1, -0.05) is 6.07 Å². The van der Waals surface area contributed by atoms with Crippen LogP contribution in [0.1, 0.15) is 35.4 Å². The average molecular weight is 340 g/mol. The Balaban J connectivity index is 1.34. The SMILES string of the molecule is Cn1nccc1C(=O)N1CCC2(CC1)C[C@H](Cc1ccccn1)CO2. The molecular formula is C19H24N4O2. The molecule has 1 amide bonds. The van der Waals surface area contributed by atoms with Crippen molar-refractivity contribution in [3.8, 4) is 0 Å². The first kappa shape index (κ1) is 16.3. The maximum Gasteiger partial charge on any atom is 0.272 e. The van der Waals surface area contributed by atoms with Gasteiger partial charge in [0, 0.05) is 38.2 Å². The molecule has 2 aromatic rings. The van der Waals surface area contributed by atoms with Crippen molar-refractivity contribution in [3.05, 3.63) is 48.0 Å². The van der Waals surface area contributed by atoms with E-state index in [9.17, 15) is 4.79 Å². The zero-order valence-electron chi connectivity index (χ0n) is 14.6. The zero-order chi connectivity index (χ0) is 17.3. The van der Waals surface area contributed by atoms with Crippen molar-refractivity contribution < 1.29 is 9.53 Å². The number of carbonyl (C=O) groups is 1. The van der Waals surface area contributed by atoms with E-state index >= 15 is 0 Å². The van der Waals surface area contributed by atoms with Crippen LogP contribution in [-0.4, -0.2) is 50.9 Å². The quantitative estimate of drug-likeness (QED) is 0.858. The molecule has 0 radical (unpaired) electrons. The van der Waals surface area contributed by atoms with Crippen molar-refractivity contribution in [1.82, 2.24) is 19.7 Å². The van der Waals surface area contributed by atoms with Gasteiger partial charge in [-0.2, -0.15) is 5.10 Å². The Morgan fingerprint density at radius 2 is 2.12 bits per heavy atom. The Bertz CT molecular complexity index is 735. The van der Waals surface area contributed by atoms with E-state index in [4.69, 9.17) is 4.74 Å². The molecule has 6 heteroatoms. The van der Waals surface area contributed by atoms with E-state index in [2.05, 4.69) is 16.1 Å². The number of carbonyl (C=O) groups excluding carboxylic acids is 1. The molecule has 6 nitrogen and oxygen atoms in total. The van der Waals surface area contributed by atoms with Crippen molar-refractivity contribution in [2.24, 2.45) is 13.0 Å². The molecule has 1 atom stereocenters. The Morgan fingerprint density at radius 3 is 2.80 bits per heavy atom. The van der Waals surface area contributed by atoms with Crippen LogP contribution >= 0.6 is 0 Å². The third-order valence-electron chi connectivity index (χ3n) is 5.51. The summed E-state index contributed by atoms with van der Waals surface area (Å²) in [5.74, 6) is 0.590. The molecule has 4 heterocycles. The van der Waals surface area contributed by atoms with Crippen LogP contribution in [0.4, 0.5) is 0 Å². The largest absolute Gasteiger partial charge is 0.375 e. The van der Waals surface area contributed by atoms with Crippen LogP contribution in [0.25, 0.3) is 0 Å². The lowest BCUT2D eigenvalue weighted by Gasteiger charge is -2.38. The second kappa shape index (κ2) is 6.59. The first-order valence-corrected chi connectivity index (χ1v) is 8.96. The number of aromatic nitrogens is 3. The summed E-state index contributed by atoms with van der Waals surface area (Å²) in [6.45, 7) is 2.30. The smallest absolute Gasteiger partial charge is 0.272 e. The van der Waals surface area contributed by atoms with E-state index in [1.54, 1.807) is 24.0 Å². The molecule has 25 heavy (non-hydrogen) atoms. The molecule has 4 rings (SSSR count). The van der Waals surface area contributed by atoms with Gasteiger partial charge in [-0.25, -0.2) is 0 Å². The third kappa shape index (κ3) is 3.31. The molecule has 0 saturated carbocycles. The van der Waals surface area contributed by atoms with E-state index in [1.165, 1.54) is 0 Å². The van der Waals surface area contributed by atoms with Gasteiger partial charge in [0.1, 0.15) is 5.69 Å². The van der Waals surface area contributed by atoms with Crippen LogP contribution in [-0.2, 0) is 18.2 Å². The number of likely N-dealkylation sites (tertiary alicyclic amines) is 1. The minimum Gasteiger partial charge on any atom is -0.375 e. The van der Waals surface area contributed by atoms with Crippen LogP contribution in [0, 0.1) is 5.92 Å². The first-order valence-electron chi connectivity index (χ1n) is 8.96. The molecule has 2 aliphatic heterocycles. The van der Waals surface area contributed by atoms with E-state index in [0.29, 0.717) is 11.6 Å². The number of hydrogen-bond acceptors (Lipinski definition) is 4. The molecule has 0 bridgehead atoms. The standard InChI is InChI=1S/C19H24N4O2/c1-22-17(5-9-21-22)18(24)23-10-6-19(7-11-23)13-15(14-25-19)12-16-4-2-3-8-20-16/h2-5,8-9,15H,6-7,10-14H2,1H3/t15-/m0/s1. The van der Waals surface area contributed by atoms with Gasteiger partial charge in [0.2, 0.25) is 0 Å². The molecule has 0 aromatic carbocycles. The summed E-state index contributed by atoms with van der Waals surface area (Å²) >= 11 is 0. The highest BCUT2D eigenvalue weighted by Gasteiger charge is 2.43. The van der Waals surface area contributed by atoms with E-state index < -0.39 is 0 Å². The predicted octanol–water partition coefficient (Wildman–Crippen LogP) is 2.07. The van der Waals surface area contributed by atoms with Crippen molar-refractivity contribution in [1.29, 1.82) is 0 Å². The van der Waals surface area contributed by atoms with Crippen LogP contribution < -0.4 is 0 Å². The number of aryl methyl sites for hydroxylation is 1. The monoisotopic (exact) mass is 340 g/mol. The molecule has 2 aromatic heterocycles. The van der Waals surface area contributed by atoms with E-state index in [1.807, 2.05) is 23.2 Å². The lowest BCUT2D eigenvalue weighted by atomic mass is 9.84. The number of hydrogen-bond donors (Lipinski definition) is 0. The van der Waals surface area contributed by atoms with Gasteiger partial charge in [0.25, 0.3) is 5.91 Å². The summed E-state index contributed by atoms with van der Waals surface area (Å²) < 4.78 is 7.87. The number of rotatable bonds is 3. The maximum absolute atomic E-state index is 12.6. The summed E-state index contributed by atoms with van der Waals surface area (Å²) in [5.41, 5.74) is 1.73. The van der Waals surface area contributed by atoms with Crippen molar-refractivity contribution in [2.45, 2.75) is 31.3 Å². The summed E-state index contributed by atoms with van der Waals surface area (Å²) in [5, 5.41) is 4.09. The van der Waals surface area contributed by atoms with Crippen molar-refractivity contribution in [3.63, 3.8) is 0 Å². The fourth-order valence-electron chi connectivity index (χ4n) is 4.10.